The molecule has 2 aromatic carbocycles. The minimum Gasteiger partial charge on any atom is -0.486 e. The first-order valence-corrected chi connectivity index (χ1v) is 10.5. The van der Waals surface area contributed by atoms with Gasteiger partial charge in [0.2, 0.25) is 0 Å². The minimum absolute atomic E-state index is 0.136. The molecule has 0 saturated heterocycles. The lowest BCUT2D eigenvalue weighted by atomic mass is 10.3. The molecule has 1 N–H and O–H groups in total. The molecule has 0 fully saturated rings. The van der Waals surface area contributed by atoms with Crippen molar-refractivity contribution in [3.05, 3.63) is 58.9 Å². The molecule has 0 atom stereocenters. The van der Waals surface area contributed by atoms with Gasteiger partial charge in [-0.05, 0) is 50.2 Å². The number of hydrogen-bond acceptors (Lipinski definition) is 5. The van der Waals surface area contributed by atoms with Crippen LogP contribution in [0.2, 0.25) is 5.02 Å². The van der Waals surface area contributed by atoms with E-state index in [-0.39, 0.29) is 4.90 Å². The Balaban J connectivity index is 1.69. The lowest BCUT2D eigenvalue weighted by Gasteiger charge is -2.19. The average molecular weight is 420 g/mol. The van der Waals surface area contributed by atoms with Crippen molar-refractivity contribution < 1.29 is 17.9 Å². The second kappa shape index (κ2) is 7.03. The van der Waals surface area contributed by atoms with Crippen molar-refractivity contribution in [2.24, 2.45) is 0 Å². The zero-order chi connectivity index (χ0) is 19.9. The molecular formula is C19H18ClN3O4S. The van der Waals surface area contributed by atoms with E-state index in [1.54, 1.807) is 61.0 Å². The quantitative estimate of drug-likeness (QED) is 0.697. The molecule has 4 rings (SSSR count). The van der Waals surface area contributed by atoms with E-state index in [1.807, 2.05) is 0 Å². The van der Waals surface area contributed by atoms with Gasteiger partial charge in [-0.3, -0.25) is 4.72 Å². The largest absolute Gasteiger partial charge is 0.486 e. The maximum absolute atomic E-state index is 13.1. The van der Waals surface area contributed by atoms with E-state index in [4.69, 9.17) is 21.1 Å². The van der Waals surface area contributed by atoms with Crippen molar-refractivity contribution >= 4 is 27.3 Å². The van der Waals surface area contributed by atoms with Gasteiger partial charge >= 0.3 is 0 Å². The van der Waals surface area contributed by atoms with Crippen molar-refractivity contribution in [1.29, 1.82) is 0 Å². The summed E-state index contributed by atoms with van der Waals surface area (Å²) in [6.45, 7) is 4.28. The summed E-state index contributed by atoms with van der Waals surface area (Å²) in [6.07, 6.45) is 0. The number of rotatable bonds is 4. The third kappa shape index (κ3) is 3.41. The van der Waals surface area contributed by atoms with E-state index in [0.29, 0.717) is 46.8 Å². The van der Waals surface area contributed by atoms with Crippen LogP contribution in [0.4, 0.5) is 5.69 Å². The number of sulfonamides is 1. The van der Waals surface area contributed by atoms with Crippen molar-refractivity contribution in [2.45, 2.75) is 18.7 Å². The molecule has 28 heavy (non-hydrogen) atoms. The topological polar surface area (TPSA) is 82.5 Å². The molecule has 1 aliphatic heterocycles. The van der Waals surface area contributed by atoms with Gasteiger partial charge in [0.25, 0.3) is 10.0 Å². The number of aryl methyl sites for hydroxylation is 1. The fraction of sp³-hybridized carbons (Fsp3) is 0.211. The molecule has 0 unspecified atom stereocenters. The van der Waals surface area contributed by atoms with Crippen LogP contribution in [-0.2, 0) is 10.0 Å². The summed E-state index contributed by atoms with van der Waals surface area (Å²) in [5, 5.41) is 4.99. The van der Waals surface area contributed by atoms with E-state index in [9.17, 15) is 8.42 Å². The Hall–Kier alpha value is -2.71. The van der Waals surface area contributed by atoms with E-state index < -0.39 is 10.0 Å². The van der Waals surface area contributed by atoms with Crippen LogP contribution in [-0.4, -0.2) is 31.4 Å². The highest BCUT2D eigenvalue weighted by atomic mass is 35.5. The molecule has 7 nitrogen and oxygen atoms in total. The van der Waals surface area contributed by atoms with Crippen LogP contribution in [0.3, 0.4) is 0 Å². The van der Waals surface area contributed by atoms with Gasteiger partial charge in [-0.25, -0.2) is 13.1 Å². The van der Waals surface area contributed by atoms with Crippen molar-refractivity contribution in [3.8, 4) is 17.2 Å². The molecule has 0 radical (unpaired) electrons. The minimum atomic E-state index is -3.85. The number of aromatic nitrogens is 2. The van der Waals surface area contributed by atoms with Crippen LogP contribution in [0.15, 0.2) is 47.4 Å². The van der Waals surface area contributed by atoms with Crippen LogP contribution in [0, 0.1) is 13.8 Å². The standard InChI is InChI=1S/C19H18ClN3O4S/c1-12-19(13(2)23(21-12)16-6-3-14(20)4-7-16)28(24,25)22-15-5-8-17-18(11-15)27-10-9-26-17/h3-8,11,22H,9-10H2,1-2H3. The van der Waals surface area contributed by atoms with E-state index in [0.717, 1.165) is 5.69 Å². The second-order valence-corrected chi connectivity index (χ2v) is 8.41. The molecule has 1 aromatic heterocycles. The molecule has 0 saturated carbocycles. The van der Waals surface area contributed by atoms with Crippen LogP contribution < -0.4 is 14.2 Å². The third-order valence-corrected chi connectivity index (χ3v) is 6.24. The van der Waals surface area contributed by atoms with Crippen LogP contribution >= 0.6 is 11.6 Å². The summed E-state index contributed by atoms with van der Waals surface area (Å²) in [4.78, 5) is 0.136. The summed E-state index contributed by atoms with van der Waals surface area (Å²) in [5.74, 6) is 1.11. The van der Waals surface area contributed by atoms with Gasteiger partial charge in [-0.1, -0.05) is 11.6 Å². The predicted octanol–water partition coefficient (Wildman–Crippen LogP) is 3.71. The number of hydrogen-bond donors (Lipinski definition) is 1. The Labute approximate surface area is 167 Å². The molecule has 9 heteroatoms. The summed E-state index contributed by atoms with van der Waals surface area (Å²) in [7, 11) is -3.85. The second-order valence-electron chi connectivity index (χ2n) is 6.35. The number of fused-ring (bicyclic) bond motifs is 1. The Morgan fingerprint density at radius 3 is 2.43 bits per heavy atom. The number of halogens is 1. The Morgan fingerprint density at radius 2 is 1.71 bits per heavy atom. The van der Waals surface area contributed by atoms with Gasteiger partial charge in [-0.2, -0.15) is 5.10 Å². The fourth-order valence-electron chi connectivity index (χ4n) is 3.16. The highest BCUT2D eigenvalue weighted by Gasteiger charge is 2.26. The SMILES string of the molecule is Cc1nn(-c2ccc(Cl)cc2)c(C)c1S(=O)(=O)Nc1ccc2c(c1)OCCO2. The average Bonchev–Trinajstić information content (AvgIpc) is 2.97. The van der Waals surface area contributed by atoms with Gasteiger partial charge in [-0.15, -0.1) is 0 Å². The maximum Gasteiger partial charge on any atom is 0.265 e. The first-order chi connectivity index (χ1) is 13.3. The first-order valence-electron chi connectivity index (χ1n) is 8.60. The van der Waals surface area contributed by atoms with Crippen molar-refractivity contribution in [1.82, 2.24) is 9.78 Å². The normalized spacial score (nSPS) is 13.4. The summed E-state index contributed by atoms with van der Waals surface area (Å²) < 4.78 is 41.3. The third-order valence-electron chi connectivity index (χ3n) is 4.36. The highest BCUT2D eigenvalue weighted by Crippen LogP contribution is 2.34. The molecule has 0 amide bonds. The Bertz CT molecular complexity index is 1140. The van der Waals surface area contributed by atoms with Crippen molar-refractivity contribution in [2.75, 3.05) is 17.9 Å². The monoisotopic (exact) mass is 419 g/mol. The molecule has 0 aliphatic carbocycles. The van der Waals surface area contributed by atoms with Gasteiger partial charge in [0.05, 0.1) is 22.8 Å². The maximum atomic E-state index is 13.1. The zero-order valence-electron chi connectivity index (χ0n) is 15.3. The summed E-state index contributed by atoms with van der Waals surface area (Å²) in [5.41, 5.74) is 2.02. The summed E-state index contributed by atoms with van der Waals surface area (Å²) >= 11 is 5.93. The molecular weight excluding hydrogens is 402 g/mol. The zero-order valence-corrected chi connectivity index (χ0v) is 16.8. The smallest absolute Gasteiger partial charge is 0.265 e. The Kier molecular flexibility index (Phi) is 4.68. The molecule has 3 aromatic rings. The summed E-state index contributed by atoms with van der Waals surface area (Å²) in [6, 6.07) is 12.0. The number of benzene rings is 2. The van der Waals surface area contributed by atoms with Gasteiger partial charge in [0.15, 0.2) is 11.5 Å². The lowest BCUT2D eigenvalue weighted by molar-refractivity contribution is 0.171. The number of ether oxygens (including phenoxy) is 2. The molecule has 0 spiro atoms. The van der Waals surface area contributed by atoms with Crippen LogP contribution in [0.1, 0.15) is 11.4 Å². The molecule has 1 aliphatic rings. The molecule has 0 bridgehead atoms. The fourth-order valence-corrected chi connectivity index (χ4v) is 4.73. The lowest BCUT2D eigenvalue weighted by Crippen LogP contribution is -2.17. The van der Waals surface area contributed by atoms with Gasteiger partial charge in [0.1, 0.15) is 18.1 Å². The molecule has 2 heterocycles. The number of nitrogens with one attached hydrogen (secondary N) is 1. The predicted molar refractivity (Wildman–Crippen MR) is 106 cm³/mol. The van der Waals surface area contributed by atoms with Crippen LogP contribution in [0.25, 0.3) is 5.69 Å². The highest BCUT2D eigenvalue weighted by molar-refractivity contribution is 7.92. The van der Waals surface area contributed by atoms with Gasteiger partial charge < -0.3 is 9.47 Å². The van der Waals surface area contributed by atoms with Crippen LogP contribution in [0.5, 0.6) is 11.5 Å². The van der Waals surface area contributed by atoms with E-state index >= 15 is 0 Å². The number of anilines is 1. The van der Waals surface area contributed by atoms with E-state index in [2.05, 4.69) is 9.82 Å². The van der Waals surface area contributed by atoms with Gasteiger partial charge in [0, 0.05) is 11.1 Å². The Morgan fingerprint density at radius 1 is 1.04 bits per heavy atom. The van der Waals surface area contributed by atoms with E-state index in [1.165, 1.54) is 0 Å². The first kappa shape index (κ1) is 18.6. The van der Waals surface area contributed by atoms with Crippen molar-refractivity contribution in [3.63, 3.8) is 0 Å². The number of nitrogens with zero attached hydrogens (tertiary/aromatic N) is 2. The molecule has 146 valence electrons.